The molecule has 1 aromatic carbocycles. The molecule has 1 aromatic rings. The van der Waals surface area contributed by atoms with Gasteiger partial charge in [-0.05, 0) is 24.9 Å². The van der Waals surface area contributed by atoms with Gasteiger partial charge in [0.05, 0.1) is 19.3 Å². The first-order valence-corrected chi connectivity index (χ1v) is 6.19. The number of ether oxygens (including phenoxy) is 1. The highest BCUT2D eigenvalue weighted by Gasteiger charge is 2.03. The van der Waals surface area contributed by atoms with Crippen LogP contribution in [0.5, 0.6) is 0 Å². The summed E-state index contributed by atoms with van der Waals surface area (Å²) in [4.78, 5) is 0. The number of rotatable bonds is 8. The maximum Gasteiger partial charge on any atom is 0.0717 e. The zero-order valence-corrected chi connectivity index (χ0v) is 10.7. The van der Waals surface area contributed by atoms with Gasteiger partial charge in [0.15, 0.2) is 0 Å². The zero-order chi connectivity index (χ0) is 12.5. The van der Waals surface area contributed by atoms with Crippen molar-refractivity contribution in [3.05, 3.63) is 35.9 Å². The van der Waals surface area contributed by atoms with Crippen LogP contribution in [0.3, 0.4) is 0 Å². The van der Waals surface area contributed by atoms with E-state index in [1.54, 1.807) is 6.92 Å². The molecule has 2 N–H and O–H groups in total. The van der Waals surface area contributed by atoms with Gasteiger partial charge < -0.3 is 15.2 Å². The van der Waals surface area contributed by atoms with Gasteiger partial charge in [-0.1, -0.05) is 37.3 Å². The first-order chi connectivity index (χ1) is 8.18. The SMILES string of the molecule is CC(CNC[C@H](C)O)COCc1ccccc1. The molecular formula is C14H23NO2. The van der Waals surface area contributed by atoms with Crippen LogP contribution < -0.4 is 5.32 Å². The molecule has 0 amide bonds. The first kappa shape index (κ1) is 14.2. The standard InChI is InChI=1S/C14H23NO2/c1-12(8-15-9-13(2)16)10-17-11-14-6-4-3-5-7-14/h3-7,12-13,15-16H,8-11H2,1-2H3/t12?,13-/m0/s1. The van der Waals surface area contributed by atoms with Crippen molar-refractivity contribution in [1.29, 1.82) is 0 Å². The summed E-state index contributed by atoms with van der Waals surface area (Å²) in [6, 6.07) is 10.2. The number of hydrogen-bond donors (Lipinski definition) is 2. The number of hydrogen-bond acceptors (Lipinski definition) is 3. The Labute approximate surface area is 104 Å². The van der Waals surface area contributed by atoms with Crippen LogP contribution in [0.25, 0.3) is 0 Å². The summed E-state index contributed by atoms with van der Waals surface area (Å²) in [6.45, 7) is 6.84. The van der Waals surface area contributed by atoms with Crippen molar-refractivity contribution in [3.8, 4) is 0 Å². The maximum atomic E-state index is 9.10. The predicted octanol–water partition coefficient (Wildman–Crippen LogP) is 1.81. The molecule has 3 nitrogen and oxygen atoms in total. The molecule has 0 heterocycles. The van der Waals surface area contributed by atoms with Gasteiger partial charge in [0, 0.05) is 6.54 Å². The molecule has 0 aromatic heterocycles. The monoisotopic (exact) mass is 237 g/mol. The molecule has 3 heteroatoms. The van der Waals surface area contributed by atoms with Crippen LogP contribution in [0.1, 0.15) is 19.4 Å². The lowest BCUT2D eigenvalue weighted by Crippen LogP contribution is -2.30. The fourth-order valence-electron chi connectivity index (χ4n) is 1.55. The molecule has 0 aliphatic carbocycles. The quantitative estimate of drug-likeness (QED) is 0.724. The molecule has 0 spiro atoms. The third-order valence-corrected chi connectivity index (χ3v) is 2.45. The molecule has 96 valence electrons. The van der Waals surface area contributed by atoms with Gasteiger partial charge in [-0.25, -0.2) is 0 Å². The van der Waals surface area contributed by atoms with Crippen LogP contribution >= 0.6 is 0 Å². The van der Waals surface area contributed by atoms with Crippen molar-refractivity contribution in [2.24, 2.45) is 5.92 Å². The van der Waals surface area contributed by atoms with E-state index < -0.39 is 0 Å². The molecule has 0 aliphatic heterocycles. The molecule has 1 unspecified atom stereocenters. The molecule has 17 heavy (non-hydrogen) atoms. The van der Waals surface area contributed by atoms with E-state index in [1.807, 2.05) is 18.2 Å². The highest BCUT2D eigenvalue weighted by Crippen LogP contribution is 2.02. The second-order valence-electron chi connectivity index (χ2n) is 4.61. The Hall–Kier alpha value is -0.900. The molecule has 0 fully saturated rings. The first-order valence-electron chi connectivity index (χ1n) is 6.19. The van der Waals surface area contributed by atoms with Crippen molar-refractivity contribution >= 4 is 0 Å². The fourth-order valence-corrected chi connectivity index (χ4v) is 1.55. The maximum absolute atomic E-state index is 9.10. The lowest BCUT2D eigenvalue weighted by molar-refractivity contribution is 0.0903. The summed E-state index contributed by atoms with van der Waals surface area (Å²) in [7, 11) is 0. The van der Waals surface area contributed by atoms with E-state index in [4.69, 9.17) is 9.84 Å². The van der Waals surface area contributed by atoms with Crippen molar-refractivity contribution in [1.82, 2.24) is 5.32 Å². The van der Waals surface area contributed by atoms with Crippen LogP contribution in [0.4, 0.5) is 0 Å². The van der Waals surface area contributed by atoms with Gasteiger partial charge in [-0.3, -0.25) is 0 Å². The van der Waals surface area contributed by atoms with Crippen LogP contribution in [0.2, 0.25) is 0 Å². The molecule has 1 rings (SSSR count). The zero-order valence-electron chi connectivity index (χ0n) is 10.7. The van der Waals surface area contributed by atoms with Crippen molar-refractivity contribution in [2.75, 3.05) is 19.7 Å². The molecule has 0 saturated heterocycles. The van der Waals surface area contributed by atoms with E-state index in [9.17, 15) is 0 Å². The van der Waals surface area contributed by atoms with Crippen molar-refractivity contribution in [2.45, 2.75) is 26.6 Å². The Bertz CT molecular complexity index is 288. The summed E-state index contributed by atoms with van der Waals surface area (Å²) in [5, 5.41) is 12.3. The lowest BCUT2D eigenvalue weighted by Gasteiger charge is -2.14. The van der Waals surface area contributed by atoms with E-state index in [2.05, 4.69) is 24.4 Å². The minimum atomic E-state index is -0.285. The minimum absolute atomic E-state index is 0.285. The number of aliphatic hydroxyl groups is 1. The number of aliphatic hydroxyl groups excluding tert-OH is 1. The predicted molar refractivity (Wildman–Crippen MR) is 69.8 cm³/mol. The minimum Gasteiger partial charge on any atom is -0.392 e. The normalized spacial score (nSPS) is 14.5. The van der Waals surface area contributed by atoms with Gasteiger partial charge in [-0.15, -0.1) is 0 Å². The Morgan fingerprint density at radius 2 is 1.88 bits per heavy atom. The summed E-state index contributed by atoms with van der Waals surface area (Å²) in [5.74, 6) is 0.456. The van der Waals surface area contributed by atoms with Crippen molar-refractivity contribution < 1.29 is 9.84 Å². The van der Waals surface area contributed by atoms with E-state index in [1.165, 1.54) is 5.56 Å². The van der Waals surface area contributed by atoms with Gasteiger partial charge in [-0.2, -0.15) is 0 Å². The Balaban J connectivity index is 2.06. The Morgan fingerprint density at radius 1 is 1.18 bits per heavy atom. The summed E-state index contributed by atoms with van der Waals surface area (Å²) < 4.78 is 5.64. The molecule has 0 saturated carbocycles. The third-order valence-electron chi connectivity index (χ3n) is 2.45. The molecular weight excluding hydrogens is 214 g/mol. The summed E-state index contributed by atoms with van der Waals surface area (Å²) in [6.07, 6.45) is -0.285. The summed E-state index contributed by atoms with van der Waals surface area (Å²) >= 11 is 0. The van der Waals surface area contributed by atoms with Crippen LogP contribution in [-0.4, -0.2) is 30.9 Å². The topological polar surface area (TPSA) is 41.5 Å². The Morgan fingerprint density at radius 3 is 2.53 bits per heavy atom. The second-order valence-corrected chi connectivity index (χ2v) is 4.61. The largest absolute Gasteiger partial charge is 0.392 e. The van der Waals surface area contributed by atoms with Gasteiger partial charge in [0.2, 0.25) is 0 Å². The average Bonchev–Trinajstić information content (AvgIpc) is 2.30. The van der Waals surface area contributed by atoms with E-state index in [-0.39, 0.29) is 6.10 Å². The van der Waals surface area contributed by atoms with E-state index in [0.29, 0.717) is 19.1 Å². The fraction of sp³-hybridized carbons (Fsp3) is 0.571. The van der Waals surface area contributed by atoms with Gasteiger partial charge in [0.25, 0.3) is 0 Å². The Kier molecular flexibility index (Phi) is 6.86. The highest BCUT2D eigenvalue weighted by atomic mass is 16.5. The van der Waals surface area contributed by atoms with Gasteiger partial charge >= 0.3 is 0 Å². The molecule has 0 bridgehead atoms. The second kappa shape index (κ2) is 8.23. The molecule has 0 aliphatic rings. The molecule has 0 radical (unpaired) electrons. The van der Waals surface area contributed by atoms with E-state index in [0.717, 1.165) is 13.2 Å². The summed E-state index contributed by atoms with van der Waals surface area (Å²) in [5.41, 5.74) is 1.21. The smallest absolute Gasteiger partial charge is 0.0717 e. The lowest BCUT2D eigenvalue weighted by atomic mass is 10.2. The third kappa shape index (κ3) is 7.10. The van der Waals surface area contributed by atoms with Crippen LogP contribution in [-0.2, 0) is 11.3 Å². The molecule has 2 atom stereocenters. The van der Waals surface area contributed by atoms with E-state index >= 15 is 0 Å². The van der Waals surface area contributed by atoms with Gasteiger partial charge in [0.1, 0.15) is 0 Å². The number of nitrogens with one attached hydrogen (secondary N) is 1. The van der Waals surface area contributed by atoms with Crippen molar-refractivity contribution in [3.63, 3.8) is 0 Å². The number of benzene rings is 1. The van der Waals surface area contributed by atoms with Crippen LogP contribution in [0.15, 0.2) is 30.3 Å². The highest BCUT2D eigenvalue weighted by molar-refractivity contribution is 5.13. The average molecular weight is 237 g/mol. The van der Waals surface area contributed by atoms with Crippen LogP contribution in [0, 0.1) is 5.92 Å².